The minimum atomic E-state index is 0.0358. The highest BCUT2D eigenvalue weighted by Gasteiger charge is 2.14. The summed E-state index contributed by atoms with van der Waals surface area (Å²) < 4.78 is 0. The Morgan fingerprint density at radius 1 is 0.531 bits per heavy atom. The zero-order valence-corrected chi connectivity index (χ0v) is 18.6. The first-order valence-corrected chi connectivity index (χ1v) is 11.1. The molecule has 0 unspecified atom stereocenters. The van der Waals surface area contributed by atoms with E-state index in [1.165, 1.54) is 0 Å². The number of nitrogens with zero attached hydrogens (tertiary/aromatic N) is 2. The Kier molecular flexibility index (Phi) is 6.66. The second-order valence-electron chi connectivity index (χ2n) is 7.60. The maximum atomic E-state index is 13.1. The van der Waals surface area contributed by atoms with E-state index in [9.17, 15) is 4.79 Å². The molecule has 0 atom stereocenters. The van der Waals surface area contributed by atoms with E-state index < -0.39 is 0 Å². The van der Waals surface area contributed by atoms with E-state index in [0.717, 1.165) is 35.8 Å². The molecule has 0 spiro atoms. The third kappa shape index (κ3) is 4.57. The van der Waals surface area contributed by atoms with Gasteiger partial charge in [0.15, 0.2) is 5.78 Å². The molecule has 3 heteroatoms. The lowest BCUT2D eigenvalue weighted by Gasteiger charge is -2.25. The van der Waals surface area contributed by atoms with Gasteiger partial charge in [-0.15, -0.1) is 0 Å². The molecule has 0 aliphatic rings. The van der Waals surface area contributed by atoms with Gasteiger partial charge in [-0.1, -0.05) is 36.4 Å². The van der Waals surface area contributed by atoms with Gasteiger partial charge in [-0.25, -0.2) is 0 Å². The Hall–Kier alpha value is -3.85. The van der Waals surface area contributed by atoms with Crippen LogP contribution in [0, 0.1) is 0 Å². The van der Waals surface area contributed by atoms with Gasteiger partial charge in [0, 0.05) is 47.0 Å². The van der Waals surface area contributed by atoms with Gasteiger partial charge >= 0.3 is 0 Å². The summed E-state index contributed by atoms with van der Waals surface area (Å²) in [6, 6.07) is 36.3. The highest BCUT2D eigenvalue weighted by atomic mass is 16.1. The molecular weight excluding hydrogens is 392 g/mol. The molecule has 0 aromatic heterocycles. The number of hydrogen-bond acceptors (Lipinski definition) is 3. The Bertz CT molecular complexity index is 1090. The lowest BCUT2D eigenvalue weighted by Crippen LogP contribution is -2.21. The van der Waals surface area contributed by atoms with Crippen molar-refractivity contribution in [2.45, 2.75) is 13.8 Å². The zero-order chi connectivity index (χ0) is 22.3. The Labute approximate surface area is 190 Å². The molecule has 32 heavy (non-hydrogen) atoms. The molecule has 0 radical (unpaired) electrons. The van der Waals surface area contributed by atoms with Crippen molar-refractivity contribution in [2.24, 2.45) is 0 Å². The molecule has 0 amide bonds. The van der Waals surface area contributed by atoms with Crippen molar-refractivity contribution in [1.29, 1.82) is 0 Å². The molecule has 0 saturated carbocycles. The molecule has 0 aliphatic heterocycles. The molecule has 0 saturated heterocycles. The number of benzene rings is 4. The second-order valence-corrected chi connectivity index (χ2v) is 7.60. The smallest absolute Gasteiger partial charge is 0.193 e. The molecule has 4 rings (SSSR count). The highest BCUT2D eigenvalue weighted by molar-refractivity contribution is 6.09. The molecule has 0 heterocycles. The first-order chi connectivity index (χ1) is 15.7. The fourth-order valence-corrected chi connectivity index (χ4v) is 3.94. The van der Waals surface area contributed by atoms with Crippen molar-refractivity contribution in [3.8, 4) is 0 Å². The molecule has 3 nitrogen and oxygen atoms in total. The Morgan fingerprint density at radius 3 is 1.31 bits per heavy atom. The fourth-order valence-electron chi connectivity index (χ4n) is 3.94. The van der Waals surface area contributed by atoms with E-state index in [1.54, 1.807) is 0 Å². The van der Waals surface area contributed by atoms with E-state index >= 15 is 0 Å². The van der Waals surface area contributed by atoms with Crippen molar-refractivity contribution in [3.63, 3.8) is 0 Å². The summed E-state index contributed by atoms with van der Waals surface area (Å²) in [5.74, 6) is 0.0358. The average Bonchev–Trinajstić information content (AvgIpc) is 2.87. The summed E-state index contributed by atoms with van der Waals surface area (Å²) in [6.07, 6.45) is 0. The number of carbonyl (C=O) groups excluding carboxylic acids is 1. The van der Waals surface area contributed by atoms with Crippen LogP contribution in [0.25, 0.3) is 0 Å². The summed E-state index contributed by atoms with van der Waals surface area (Å²) in [5, 5.41) is 0. The summed E-state index contributed by atoms with van der Waals surface area (Å²) in [5.41, 5.74) is 5.69. The van der Waals surface area contributed by atoms with Crippen LogP contribution in [0.4, 0.5) is 22.7 Å². The Balaban J connectivity index is 1.61. The number of ketones is 1. The second kappa shape index (κ2) is 9.97. The lowest BCUT2D eigenvalue weighted by atomic mass is 10.0. The molecule has 0 N–H and O–H groups in total. The topological polar surface area (TPSA) is 23.6 Å². The highest BCUT2D eigenvalue weighted by Crippen LogP contribution is 2.34. The molecule has 0 fully saturated rings. The molecular formula is C29H28N2O. The van der Waals surface area contributed by atoms with E-state index in [-0.39, 0.29) is 5.78 Å². The monoisotopic (exact) mass is 420 g/mol. The van der Waals surface area contributed by atoms with Crippen LogP contribution in [0.3, 0.4) is 0 Å². The minimum absolute atomic E-state index is 0.0358. The van der Waals surface area contributed by atoms with Crippen LogP contribution in [-0.2, 0) is 0 Å². The standard InChI is InChI=1S/C29H28N2O/c1-3-30(4-2)25-19-15-23(16-20-25)29(32)24-17-21-28(22-18-24)31(26-11-7-5-8-12-26)27-13-9-6-10-14-27/h5-22H,3-4H2,1-2H3. The van der Waals surface area contributed by atoms with Crippen LogP contribution in [0.5, 0.6) is 0 Å². The summed E-state index contributed by atoms with van der Waals surface area (Å²) in [4.78, 5) is 17.5. The molecule has 4 aromatic carbocycles. The van der Waals surface area contributed by atoms with E-state index in [0.29, 0.717) is 11.1 Å². The third-order valence-electron chi connectivity index (χ3n) is 5.67. The van der Waals surface area contributed by atoms with Gasteiger partial charge in [-0.05, 0) is 86.6 Å². The fraction of sp³-hybridized carbons (Fsp3) is 0.138. The van der Waals surface area contributed by atoms with Gasteiger partial charge in [0.25, 0.3) is 0 Å². The van der Waals surface area contributed by atoms with Gasteiger partial charge in [0.2, 0.25) is 0 Å². The van der Waals surface area contributed by atoms with Gasteiger partial charge in [0.1, 0.15) is 0 Å². The lowest BCUT2D eigenvalue weighted by molar-refractivity contribution is 0.103. The largest absolute Gasteiger partial charge is 0.372 e. The van der Waals surface area contributed by atoms with Crippen molar-refractivity contribution in [2.75, 3.05) is 22.9 Å². The van der Waals surface area contributed by atoms with Gasteiger partial charge in [0.05, 0.1) is 0 Å². The van der Waals surface area contributed by atoms with Crippen LogP contribution in [-0.4, -0.2) is 18.9 Å². The zero-order valence-electron chi connectivity index (χ0n) is 18.6. The van der Waals surface area contributed by atoms with Gasteiger partial charge in [-0.2, -0.15) is 0 Å². The van der Waals surface area contributed by atoms with E-state index in [2.05, 4.69) is 47.9 Å². The number of para-hydroxylation sites is 2. The maximum absolute atomic E-state index is 13.1. The van der Waals surface area contributed by atoms with Crippen LogP contribution in [0.15, 0.2) is 109 Å². The molecule has 160 valence electrons. The average molecular weight is 421 g/mol. The summed E-state index contributed by atoms with van der Waals surface area (Å²) in [6.45, 7) is 6.17. The van der Waals surface area contributed by atoms with Gasteiger partial charge in [-0.3, -0.25) is 4.79 Å². The summed E-state index contributed by atoms with van der Waals surface area (Å²) in [7, 11) is 0. The van der Waals surface area contributed by atoms with E-state index in [1.807, 2.05) is 84.9 Å². The number of hydrogen-bond donors (Lipinski definition) is 0. The van der Waals surface area contributed by atoms with Gasteiger partial charge < -0.3 is 9.80 Å². The van der Waals surface area contributed by atoms with Crippen LogP contribution >= 0.6 is 0 Å². The molecule has 0 aliphatic carbocycles. The van der Waals surface area contributed by atoms with Crippen LogP contribution in [0.1, 0.15) is 29.8 Å². The first-order valence-electron chi connectivity index (χ1n) is 11.1. The Morgan fingerprint density at radius 2 is 0.906 bits per heavy atom. The quantitative estimate of drug-likeness (QED) is 0.281. The molecule has 4 aromatic rings. The van der Waals surface area contributed by atoms with Crippen molar-refractivity contribution in [3.05, 3.63) is 120 Å². The third-order valence-corrected chi connectivity index (χ3v) is 5.67. The first kappa shape index (κ1) is 21.4. The SMILES string of the molecule is CCN(CC)c1ccc(C(=O)c2ccc(N(c3ccccc3)c3ccccc3)cc2)cc1. The normalized spacial score (nSPS) is 10.6. The van der Waals surface area contributed by atoms with Crippen molar-refractivity contribution in [1.82, 2.24) is 0 Å². The van der Waals surface area contributed by atoms with E-state index in [4.69, 9.17) is 0 Å². The molecule has 0 bridgehead atoms. The van der Waals surface area contributed by atoms with Crippen LogP contribution < -0.4 is 9.80 Å². The number of carbonyl (C=O) groups is 1. The van der Waals surface area contributed by atoms with Crippen molar-refractivity contribution >= 4 is 28.5 Å². The number of rotatable bonds is 8. The minimum Gasteiger partial charge on any atom is -0.372 e. The van der Waals surface area contributed by atoms with Crippen molar-refractivity contribution < 1.29 is 4.79 Å². The summed E-state index contributed by atoms with van der Waals surface area (Å²) >= 11 is 0. The van der Waals surface area contributed by atoms with Crippen LogP contribution in [0.2, 0.25) is 0 Å². The predicted octanol–water partition coefficient (Wildman–Crippen LogP) is 7.23. The number of anilines is 4. The predicted molar refractivity (Wildman–Crippen MR) is 135 cm³/mol. The maximum Gasteiger partial charge on any atom is 0.193 e.